The van der Waals surface area contributed by atoms with Crippen LogP contribution in [0.25, 0.3) is 0 Å². The van der Waals surface area contributed by atoms with E-state index in [4.69, 9.17) is 16.7 Å². The van der Waals surface area contributed by atoms with Crippen LogP contribution in [0.1, 0.15) is 29.6 Å². The lowest BCUT2D eigenvalue weighted by Gasteiger charge is -2.38. The van der Waals surface area contributed by atoms with Gasteiger partial charge in [-0.3, -0.25) is 9.59 Å². The molecule has 0 bridgehead atoms. The zero-order valence-corrected chi connectivity index (χ0v) is 12.6. The molecular weight excluding hydrogens is 290 g/mol. The SMILES string of the molecule is O=C(O)CC1CCN(C(=O)c2ccccc2)CC1CCCl. The number of aliphatic carboxylic acids is 1. The number of piperidine rings is 1. The number of benzene rings is 1. The average molecular weight is 310 g/mol. The summed E-state index contributed by atoms with van der Waals surface area (Å²) in [7, 11) is 0. The van der Waals surface area contributed by atoms with Crippen molar-refractivity contribution in [3.63, 3.8) is 0 Å². The van der Waals surface area contributed by atoms with Gasteiger partial charge in [0.15, 0.2) is 0 Å². The third kappa shape index (κ3) is 4.21. The van der Waals surface area contributed by atoms with E-state index < -0.39 is 5.97 Å². The van der Waals surface area contributed by atoms with Gasteiger partial charge in [-0.1, -0.05) is 18.2 Å². The van der Waals surface area contributed by atoms with Crippen molar-refractivity contribution in [3.05, 3.63) is 35.9 Å². The molecule has 1 aliphatic rings. The second-order valence-electron chi connectivity index (χ2n) is 5.50. The minimum Gasteiger partial charge on any atom is -0.481 e. The Morgan fingerprint density at radius 3 is 2.57 bits per heavy atom. The number of carboxylic acid groups (broad SMARTS) is 1. The molecule has 1 fully saturated rings. The van der Waals surface area contributed by atoms with Gasteiger partial charge >= 0.3 is 5.97 Å². The fourth-order valence-corrected chi connectivity index (χ4v) is 3.27. The molecule has 114 valence electrons. The summed E-state index contributed by atoms with van der Waals surface area (Å²) in [6, 6.07) is 9.19. The number of rotatable bonds is 5. The van der Waals surface area contributed by atoms with Crippen LogP contribution in [0, 0.1) is 11.8 Å². The summed E-state index contributed by atoms with van der Waals surface area (Å²) in [4.78, 5) is 25.2. The van der Waals surface area contributed by atoms with E-state index in [1.165, 1.54) is 0 Å². The first-order valence-electron chi connectivity index (χ1n) is 7.24. The van der Waals surface area contributed by atoms with Gasteiger partial charge in [-0.2, -0.15) is 0 Å². The topological polar surface area (TPSA) is 57.6 Å². The molecule has 4 nitrogen and oxygen atoms in total. The van der Waals surface area contributed by atoms with E-state index in [1.807, 2.05) is 35.2 Å². The Bertz CT molecular complexity index is 492. The monoisotopic (exact) mass is 309 g/mol. The van der Waals surface area contributed by atoms with Crippen molar-refractivity contribution < 1.29 is 14.7 Å². The average Bonchev–Trinajstić information content (AvgIpc) is 2.49. The lowest BCUT2D eigenvalue weighted by Crippen LogP contribution is -2.44. The number of nitrogens with zero attached hydrogens (tertiary/aromatic N) is 1. The normalized spacial score (nSPS) is 22.0. The maximum absolute atomic E-state index is 12.5. The number of amides is 1. The summed E-state index contributed by atoms with van der Waals surface area (Å²) in [5, 5.41) is 8.99. The molecule has 21 heavy (non-hydrogen) atoms. The number of hydrogen-bond acceptors (Lipinski definition) is 2. The standard InChI is InChI=1S/C16H20ClNO3/c17-8-6-14-11-18(9-7-13(14)10-15(19)20)16(21)12-4-2-1-3-5-12/h1-5,13-14H,6-11H2,(H,19,20). The van der Waals surface area contributed by atoms with E-state index in [0.717, 1.165) is 12.8 Å². The molecule has 1 aromatic carbocycles. The van der Waals surface area contributed by atoms with Crippen molar-refractivity contribution in [1.29, 1.82) is 0 Å². The summed E-state index contributed by atoms with van der Waals surface area (Å²) in [6.07, 6.45) is 1.64. The van der Waals surface area contributed by atoms with Crippen molar-refractivity contribution in [1.82, 2.24) is 4.90 Å². The van der Waals surface area contributed by atoms with Crippen LogP contribution in [0.3, 0.4) is 0 Å². The summed E-state index contributed by atoms with van der Waals surface area (Å²) >= 11 is 5.83. The van der Waals surface area contributed by atoms with Gasteiger partial charge in [-0.25, -0.2) is 0 Å². The third-order valence-electron chi connectivity index (χ3n) is 4.12. The van der Waals surface area contributed by atoms with Gasteiger partial charge in [0, 0.05) is 31.0 Å². The molecule has 0 spiro atoms. The molecule has 1 N–H and O–H groups in total. The van der Waals surface area contributed by atoms with E-state index in [2.05, 4.69) is 0 Å². The van der Waals surface area contributed by atoms with Crippen LogP contribution in [0.4, 0.5) is 0 Å². The van der Waals surface area contributed by atoms with Crippen molar-refractivity contribution in [2.24, 2.45) is 11.8 Å². The summed E-state index contributed by atoms with van der Waals surface area (Å²) < 4.78 is 0. The summed E-state index contributed by atoms with van der Waals surface area (Å²) in [6.45, 7) is 1.21. The molecule has 1 saturated heterocycles. The molecule has 0 aromatic heterocycles. The van der Waals surface area contributed by atoms with E-state index in [9.17, 15) is 9.59 Å². The molecule has 2 rings (SSSR count). The molecule has 2 atom stereocenters. The highest BCUT2D eigenvalue weighted by molar-refractivity contribution is 6.17. The van der Waals surface area contributed by atoms with Crippen molar-refractivity contribution in [3.8, 4) is 0 Å². The molecule has 0 aliphatic carbocycles. The second kappa shape index (κ2) is 7.46. The van der Waals surface area contributed by atoms with Gasteiger partial charge in [-0.15, -0.1) is 11.6 Å². The summed E-state index contributed by atoms with van der Waals surface area (Å²) in [5.41, 5.74) is 0.679. The van der Waals surface area contributed by atoms with Gasteiger partial charge in [0.2, 0.25) is 0 Å². The minimum absolute atomic E-state index is 0.0175. The highest BCUT2D eigenvalue weighted by atomic mass is 35.5. The molecule has 1 amide bonds. The first kappa shape index (κ1) is 15.8. The number of alkyl halides is 1. The van der Waals surface area contributed by atoms with Crippen LogP contribution < -0.4 is 0 Å². The lowest BCUT2D eigenvalue weighted by atomic mass is 9.81. The predicted molar refractivity (Wildman–Crippen MR) is 81.5 cm³/mol. The van der Waals surface area contributed by atoms with E-state index >= 15 is 0 Å². The lowest BCUT2D eigenvalue weighted by molar-refractivity contribution is -0.139. The smallest absolute Gasteiger partial charge is 0.303 e. The van der Waals surface area contributed by atoms with E-state index in [0.29, 0.717) is 24.5 Å². The Morgan fingerprint density at radius 2 is 1.95 bits per heavy atom. The van der Waals surface area contributed by atoms with Gasteiger partial charge in [-0.05, 0) is 36.8 Å². The van der Waals surface area contributed by atoms with Crippen LogP contribution >= 0.6 is 11.6 Å². The summed E-state index contributed by atoms with van der Waals surface area (Å²) in [5.74, 6) is 0.0150. The number of hydrogen-bond donors (Lipinski definition) is 1. The number of carbonyl (C=O) groups excluding carboxylic acids is 1. The van der Waals surface area contributed by atoms with Crippen LogP contribution in [-0.4, -0.2) is 40.9 Å². The van der Waals surface area contributed by atoms with Crippen LogP contribution in [0.15, 0.2) is 30.3 Å². The van der Waals surface area contributed by atoms with Gasteiger partial charge < -0.3 is 10.0 Å². The highest BCUT2D eigenvalue weighted by Crippen LogP contribution is 2.30. The molecule has 1 aliphatic heterocycles. The second-order valence-corrected chi connectivity index (χ2v) is 5.88. The Hall–Kier alpha value is -1.55. The van der Waals surface area contributed by atoms with Crippen molar-refractivity contribution in [2.75, 3.05) is 19.0 Å². The molecule has 2 unspecified atom stereocenters. The Kier molecular flexibility index (Phi) is 5.62. The number of likely N-dealkylation sites (tertiary alicyclic amines) is 1. The van der Waals surface area contributed by atoms with Gasteiger partial charge in [0.25, 0.3) is 5.91 Å². The molecule has 1 heterocycles. The number of carboxylic acids is 1. The fraction of sp³-hybridized carbons (Fsp3) is 0.500. The van der Waals surface area contributed by atoms with Gasteiger partial charge in [0.05, 0.1) is 0 Å². The Morgan fingerprint density at radius 1 is 1.24 bits per heavy atom. The first-order chi connectivity index (χ1) is 10.1. The predicted octanol–water partition coefficient (Wildman–Crippen LogP) is 2.87. The van der Waals surface area contributed by atoms with E-state index in [1.54, 1.807) is 0 Å². The zero-order chi connectivity index (χ0) is 15.2. The maximum Gasteiger partial charge on any atom is 0.303 e. The molecule has 5 heteroatoms. The van der Waals surface area contributed by atoms with Crippen molar-refractivity contribution >= 4 is 23.5 Å². The van der Waals surface area contributed by atoms with Crippen LogP contribution in [0.2, 0.25) is 0 Å². The largest absolute Gasteiger partial charge is 0.481 e. The number of carbonyl (C=O) groups is 2. The van der Waals surface area contributed by atoms with Crippen LogP contribution in [0.5, 0.6) is 0 Å². The van der Waals surface area contributed by atoms with Gasteiger partial charge in [0.1, 0.15) is 0 Å². The zero-order valence-electron chi connectivity index (χ0n) is 11.9. The first-order valence-corrected chi connectivity index (χ1v) is 7.77. The minimum atomic E-state index is -0.776. The quantitative estimate of drug-likeness (QED) is 0.851. The molecular formula is C16H20ClNO3. The maximum atomic E-state index is 12.5. The molecule has 1 aromatic rings. The van der Waals surface area contributed by atoms with Crippen molar-refractivity contribution in [2.45, 2.75) is 19.3 Å². The van der Waals surface area contributed by atoms with E-state index in [-0.39, 0.29) is 24.2 Å². The molecule has 0 saturated carbocycles. The Labute approximate surface area is 129 Å². The third-order valence-corrected chi connectivity index (χ3v) is 4.33. The Balaban J connectivity index is 2.04. The molecule has 0 radical (unpaired) electrons. The number of halogens is 1. The fourth-order valence-electron chi connectivity index (χ4n) is 2.99. The van der Waals surface area contributed by atoms with Crippen LogP contribution in [-0.2, 0) is 4.79 Å². The highest BCUT2D eigenvalue weighted by Gasteiger charge is 2.32.